The molecule has 0 fully saturated rings. The Morgan fingerprint density at radius 1 is 0.846 bits per heavy atom. The zero-order valence-corrected chi connectivity index (χ0v) is 24.1. The predicted molar refractivity (Wildman–Crippen MR) is 137 cm³/mol. The number of benzene rings is 2. The molecule has 0 bridgehead atoms. The van der Waals surface area contributed by atoms with Gasteiger partial charge in [0.1, 0.15) is 16.8 Å². The zero-order chi connectivity index (χ0) is 29.3. The Bertz CT molecular complexity index is 1440. The number of sulfone groups is 1. The fourth-order valence-electron chi connectivity index (χ4n) is 3.69. The van der Waals surface area contributed by atoms with Gasteiger partial charge in [0, 0.05) is 5.56 Å². The van der Waals surface area contributed by atoms with E-state index in [2.05, 4.69) is 4.18 Å². The topological polar surface area (TPSA) is 77.5 Å². The van der Waals surface area contributed by atoms with Crippen molar-refractivity contribution in [2.45, 2.75) is 48.5 Å². The van der Waals surface area contributed by atoms with Crippen molar-refractivity contribution in [3.63, 3.8) is 0 Å². The number of hydrogen-bond acceptors (Lipinski definition) is 5. The van der Waals surface area contributed by atoms with E-state index >= 15 is 4.39 Å². The first kappa shape index (κ1) is 35.0. The Kier molecular flexibility index (Phi) is 11.0. The van der Waals surface area contributed by atoms with Crippen LogP contribution in [0.4, 0.5) is 35.1 Å². The van der Waals surface area contributed by atoms with Gasteiger partial charge < -0.3 is 0 Å². The fraction of sp³-hybridized carbons (Fsp3) is 0.304. The van der Waals surface area contributed by atoms with Crippen LogP contribution in [0.1, 0.15) is 22.3 Å². The zero-order valence-electron chi connectivity index (χ0n) is 20.1. The van der Waals surface area contributed by atoms with Gasteiger partial charge in [0.2, 0.25) is 0 Å². The van der Waals surface area contributed by atoms with Crippen molar-refractivity contribution in [3.8, 4) is 0 Å². The highest BCUT2D eigenvalue weighted by atomic mass is 127. The minimum Gasteiger partial charge on any atom is -0.251 e. The van der Waals surface area contributed by atoms with Crippen LogP contribution < -0.4 is 0 Å². The summed E-state index contributed by atoms with van der Waals surface area (Å²) in [6, 6.07) is 6.68. The van der Waals surface area contributed by atoms with E-state index in [1.54, 1.807) is 32.9 Å². The highest BCUT2D eigenvalue weighted by Crippen LogP contribution is 2.42. The smallest absolute Gasteiger partial charge is 0.251 e. The van der Waals surface area contributed by atoms with Gasteiger partial charge in [-0.1, -0.05) is 48.1 Å². The highest BCUT2D eigenvalue weighted by Gasteiger charge is 2.53. The third-order valence-electron chi connectivity index (χ3n) is 5.15. The molecule has 0 heterocycles. The molecule has 0 radical (unpaired) electrons. The number of halogens is 9. The number of alkyl halides is 7. The molecule has 1 aliphatic rings. The molecule has 16 heteroatoms. The number of allylic oxidation sites excluding steroid dienone is 2. The standard InChI is InChI=1S/C16H16F4O3S.C7H4F4O2S.HI/c1-10-8-11(2)14(12(3)9-10)15(17)7-5-4-6-13(15)23-24(21,22)16(18,19)20;8-5-3-1-2-4-6(5)14(12,13)7(9,10)11;/h4-9,13H,1-3H3;1-4H;1H. The molecular formula is C23H21F8IO5S2. The molecule has 218 valence electrons. The Morgan fingerprint density at radius 2 is 1.36 bits per heavy atom. The van der Waals surface area contributed by atoms with Crippen LogP contribution in [-0.4, -0.2) is 34.0 Å². The molecule has 0 saturated heterocycles. The van der Waals surface area contributed by atoms with Gasteiger partial charge in [-0.3, -0.25) is 4.18 Å². The lowest BCUT2D eigenvalue weighted by Crippen LogP contribution is -2.41. The summed E-state index contributed by atoms with van der Waals surface area (Å²) in [5, 5.41) is 0. The van der Waals surface area contributed by atoms with Gasteiger partial charge in [-0.2, -0.15) is 34.8 Å². The molecule has 0 amide bonds. The number of rotatable bonds is 4. The number of aryl methyl sites for hydroxylation is 3. The molecule has 0 saturated carbocycles. The van der Waals surface area contributed by atoms with E-state index in [9.17, 15) is 47.6 Å². The Hall–Kier alpha value is -2.05. The van der Waals surface area contributed by atoms with Crippen LogP contribution in [0.25, 0.3) is 0 Å². The first-order valence-electron chi connectivity index (χ1n) is 10.3. The van der Waals surface area contributed by atoms with E-state index < -0.39 is 53.5 Å². The van der Waals surface area contributed by atoms with Crippen molar-refractivity contribution in [2.24, 2.45) is 0 Å². The van der Waals surface area contributed by atoms with Gasteiger partial charge in [-0.25, -0.2) is 17.2 Å². The third kappa shape index (κ3) is 7.58. The van der Waals surface area contributed by atoms with E-state index in [0.717, 1.165) is 29.8 Å². The summed E-state index contributed by atoms with van der Waals surface area (Å²) in [5.74, 6) is -1.41. The van der Waals surface area contributed by atoms with Gasteiger partial charge in [0.15, 0.2) is 5.67 Å². The first-order valence-corrected chi connectivity index (χ1v) is 13.2. The first-order chi connectivity index (χ1) is 17.1. The van der Waals surface area contributed by atoms with E-state index in [-0.39, 0.29) is 29.5 Å². The van der Waals surface area contributed by atoms with Crippen LogP contribution in [0.2, 0.25) is 0 Å². The maximum Gasteiger partial charge on any atom is 0.523 e. The van der Waals surface area contributed by atoms with Crippen molar-refractivity contribution in [3.05, 3.63) is 88.8 Å². The second-order valence-corrected chi connectivity index (χ2v) is 11.6. The molecule has 3 rings (SSSR count). The second kappa shape index (κ2) is 12.2. The largest absolute Gasteiger partial charge is 0.523 e. The summed E-state index contributed by atoms with van der Waals surface area (Å²) >= 11 is 0. The van der Waals surface area contributed by atoms with Gasteiger partial charge in [-0.15, -0.1) is 24.0 Å². The normalized spacial score (nSPS) is 19.6. The average Bonchev–Trinajstić information content (AvgIpc) is 2.73. The molecule has 0 spiro atoms. The van der Waals surface area contributed by atoms with Crippen molar-refractivity contribution >= 4 is 43.9 Å². The molecular weight excluding hydrogens is 699 g/mol. The maximum atomic E-state index is 15.6. The maximum absolute atomic E-state index is 15.6. The molecule has 1 aliphatic carbocycles. The van der Waals surface area contributed by atoms with Crippen LogP contribution >= 0.6 is 24.0 Å². The monoisotopic (exact) mass is 720 g/mol. The van der Waals surface area contributed by atoms with Crippen LogP contribution in [0.3, 0.4) is 0 Å². The molecule has 5 nitrogen and oxygen atoms in total. The fourth-order valence-corrected chi connectivity index (χ4v) is 5.10. The van der Waals surface area contributed by atoms with Crippen LogP contribution in [0.15, 0.2) is 65.6 Å². The molecule has 2 aromatic carbocycles. The lowest BCUT2D eigenvalue weighted by atomic mass is 9.81. The molecule has 0 aliphatic heterocycles. The second-order valence-electron chi connectivity index (χ2n) is 8.08. The average molecular weight is 720 g/mol. The Labute approximate surface area is 236 Å². The van der Waals surface area contributed by atoms with Crippen molar-refractivity contribution in [1.82, 2.24) is 0 Å². The minimum absolute atomic E-state index is 0. The molecule has 0 aromatic heterocycles. The van der Waals surface area contributed by atoms with Gasteiger partial charge in [0.25, 0.3) is 9.84 Å². The summed E-state index contributed by atoms with van der Waals surface area (Å²) in [7, 11) is -11.5. The van der Waals surface area contributed by atoms with Crippen LogP contribution in [0.5, 0.6) is 0 Å². The molecule has 0 N–H and O–H groups in total. The Morgan fingerprint density at radius 3 is 1.82 bits per heavy atom. The summed E-state index contributed by atoms with van der Waals surface area (Å²) in [4.78, 5) is -1.35. The van der Waals surface area contributed by atoms with Crippen molar-refractivity contribution in [2.75, 3.05) is 0 Å². The minimum atomic E-state index is -5.94. The van der Waals surface area contributed by atoms with Crippen molar-refractivity contribution in [1.29, 1.82) is 0 Å². The van der Waals surface area contributed by atoms with Gasteiger partial charge in [0.05, 0.1) is 0 Å². The van der Waals surface area contributed by atoms with Crippen LogP contribution in [-0.2, 0) is 29.8 Å². The molecule has 2 aromatic rings. The Balaban J connectivity index is 0.000000434. The van der Waals surface area contributed by atoms with E-state index in [1.165, 1.54) is 12.2 Å². The summed E-state index contributed by atoms with van der Waals surface area (Å²) in [6.07, 6.45) is 2.57. The van der Waals surface area contributed by atoms with E-state index in [0.29, 0.717) is 23.3 Å². The lowest BCUT2D eigenvalue weighted by Gasteiger charge is -2.33. The number of hydrogen-bond donors (Lipinski definition) is 0. The molecule has 2 unspecified atom stereocenters. The quantitative estimate of drug-likeness (QED) is 0.149. The van der Waals surface area contributed by atoms with Gasteiger partial charge >= 0.3 is 21.1 Å². The van der Waals surface area contributed by atoms with E-state index in [4.69, 9.17) is 0 Å². The summed E-state index contributed by atoms with van der Waals surface area (Å²) in [5.41, 5.74) is -11.7. The lowest BCUT2D eigenvalue weighted by molar-refractivity contribution is -0.0607. The molecule has 39 heavy (non-hydrogen) atoms. The summed E-state index contributed by atoms with van der Waals surface area (Å²) < 4.78 is 150. The molecule has 2 atom stereocenters. The van der Waals surface area contributed by atoms with Crippen molar-refractivity contribution < 1.29 is 56.1 Å². The highest BCUT2D eigenvalue weighted by molar-refractivity contribution is 14.0. The van der Waals surface area contributed by atoms with Crippen LogP contribution in [0, 0.1) is 26.6 Å². The summed E-state index contributed by atoms with van der Waals surface area (Å²) in [6.45, 7) is 5.02. The predicted octanol–water partition coefficient (Wildman–Crippen LogP) is 6.87. The van der Waals surface area contributed by atoms with E-state index in [1.807, 2.05) is 0 Å². The third-order valence-corrected chi connectivity index (χ3v) is 7.70. The SMILES string of the molecule is Cc1cc(C)c(C2(F)C=CC=CC2OS(=O)(=O)C(F)(F)F)c(C)c1.I.O=S(=O)(c1ccccc1F)C(F)(F)F. The van der Waals surface area contributed by atoms with Gasteiger partial charge in [-0.05, 0) is 50.1 Å².